The van der Waals surface area contributed by atoms with Crippen LogP contribution >= 0.6 is 15.9 Å². The van der Waals surface area contributed by atoms with Gasteiger partial charge in [-0.2, -0.15) is 0 Å². The van der Waals surface area contributed by atoms with Gasteiger partial charge in [0.15, 0.2) is 5.78 Å². The van der Waals surface area contributed by atoms with Crippen molar-refractivity contribution in [2.24, 2.45) is 11.3 Å². The smallest absolute Gasteiger partial charge is 0.311 e. The Kier molecular flexibility index (Phi) is 3.71. The number of ether oxygens (including phenoxy) is 1. The second-order valence-electron chi connectivity index (χ2n) is 6.97. The molecular weight excluding hydrogens is 344 g/mol. The minimum Gasteiger partial charge on any atom is -0.469 e. The molecule has 4 atom stereocenters. The number of carbonyl (C=O) groups excluding carboxylic acids is 2. The number of alkyl halides is 1. The van der Waals surface area contributed by atoms with Crippen molar-refractivity contribution in [1.29, 1.82) is 0 Å². The molecule has 0 N–H and O–H groups in total. The zero-order chi connectivity index (χ0) is 16.1. The molecule has 4 heteroatoms. The lowest BCUT2D eigenvalue weighted by atomic mass is 9.49. The minimum absolute atomic E-state index is 0.0788. The summed E-state index contributed by atoms with van der Waals surface area (Å²) in [6, 6.07) is 7.83. The molecule has 0 spiro atoms. The Morgan fingerprint density at radius 1 is 1.27 bits per heavy atom. The van der Waals surface area contributed by atoms with Crippen LogP contribution in [-0.2, 0) is 14.9 Å². The highest BCUT2D eigenvalue weighted by molar-refractivity contribution is 9.10. The number of rotatable bonds is 1. The molecular formula is C18H21BrO3. The van der Waals surface area contributed by atoms with E-state index in [9.17, 15) is 9.59 Å². The van der Waals surface area contributed by atoms with E-state index in [0.29, 0.717) is 0 Å². The van der Waals surface area contributed by atoms with E-state index in [1.54, 1.807) is 0 Å². The predicted octanol–water partition coefficient (Wildman–Crippen LogP) is 3.88. The molecule has 2 aliphatic rings. The molecule has 4 unspecified atom stereocenters. The van der Waals surface area contributed by atoms with Gasteiger partial charge in [-0.15, -0.1) is 0 Å². The molecule has 0 aliphatic heterocycles. The third kappa shape index (κ3) is 1.92. The van der Waals surface area contributed by atoms with Crippen LogP contribution in [0, 0.1) is 11.3 Å². The third-order valence-electron chi connectivity index (χ3n) is 5.77. The van der Waals surface area contributed by atoms with Gasteiger partial charge in [0.2, 0.25) is 0 Å². The van der Waals surface area contributed by atoms with Gasteiger partial charge in [-0.1, -0.05) is 53.5 Å². The summed E-state index contributed by atoms with van der Waals surface area (Å²) in [6.45, 7) is 4.15. The topological polar surface area (TPSA) is 43.4 Å². The van der Waals surface area contributed by atoms with Crippen LogP contribution in [0.1, 0.15) is 49.0 Å². The third-order valence-corrected chi connectivity index (χ3v) is 6.71. The molecule has 1 aromatic rings. The molecule has 0 amide bonds. The van der Waals surface area contributed by atoms with Crippen LogP contribution in [-0.4, -0.2) is 23.7 Å². The first kappa shape index (κ1) is 15.7. The maximum atomic E-state index is 12.8. The first-order valence-electron chi connectivity index (χ1n) is 7.72. The lowest BCUT2D eigenvalue weighted by Crippen LogP contribution is -2.58. The van der Waals surface area contributed by atoms with Gasteiger partial charge < -0.3 is 4.74 Å². The van der Waals surface area contributed by atoms with Gasteiger partial charge in [0.05, 0.1) is 17.4 Å². The maximum absolute atomic E-state index is 12.8. The van der Waals surface area contributed by atoms with Gasteiger partial charge in [-0.05, 0) is 30.7 Å². The number of hydrogen-bond donors (Lipinski definition) is 0. The molecule has 1 saturated carbocycles. The average Bonchev–Trinajstić information content (AvgIpc) is 2.52. The van der Waals surface area contributed by atoms with E-state index in [4.69, 9.17) is 4.74 Å². The summed E-state index contributed by atoms with van der Waals surface area (Å²) in [5, 5.41) is 0. The lowest BCUT2D eigenvalue weighted by Gasteiger charge is -2.55. The average molecular weight is 365 g/mol. The molecule has 0 aromatic heterocycles. The zero-order valence-electron chi connectivity index (χ0n) is 13.2. The van der Waals surface area contributed by atoms with Crippen molar-refractivity contribution < 1.29 is 14.3 Å². The van der Waals surface area contributed by atoms with E-state index in [1.165, 1.54) is 7.11 Å². The second kappa shape index (κ2) is 5.19. The highest BCUT2D eigenvalue weighted by Crippen LogP contribution is 2.58. The first-order chi connectivity index (χ1) is 10.4. The second-order valence-corrected chi connectivity index (χ2v) is 7.96. The van der Waals surface area contributed by atoms with E-state index in [2.05, 4.69) is 22.9 Å². The van der Waals surface area contributed by atoms with Gasteiger partial charge in [0.25, 0.3) is 0 Å². The summed E-state index contributed by atoms with van der Waals surface area (Å²) >= 11 is 3.62. The summed E-state index contributed by atoms with van der Waals surface area (Å²) in [5.74, 6) is -0.223. The Morgan fingerprint density at radius 2 is 1.95 bits per heavy atom. The largest absolute Gasteiger partial charge is 0.469 e. The summed E-state index contributed by atoms with van der Waals surface area (Å²) in [6.07, 6.45) is 2.70. The Bertz CT molecular complexity index is 641. The quantitative estimate of drug-likeness (QED) is 0.560. The molecule has 0 radical (unpaired) electrons. The Morgan fingerprint density at radius 3 is 2.64 bits per heavy atom. The molecule has 0 heterocycles. The standard InChI is InChI=1S/C18H21BrO3/c1-17-9-6-10-18(2,16(21)22-3)15(17)13(19)14(20)11-7-4-5-8-12(11)17/h4-5,7-8,13,15H,6,9-10H2,1-3H3. The Balaban J connectivity index is 2.22. The Hall–Kier alpha value is -1.16. The van der Waals surface area contributed by atoms with E-state index in [0.717, 1.165) is 30.4 Å². The molecule has 2 aliphatic carbocycles. The van der Waals surface area contributed by atoms with Crippen molar-refractivity contribution >= 4 is 27.7 Å². The van der Waals surface area contributed by atoms with Crippen LogP contribution in [0.5, 0.6) is 0 Å². The number of Topliss-reactive ketones (excluding diaryl/α,β-unsaturated/α-hetero) is 1. The van der Waals surface area contributed by atoms with Gasteiger partial charge >= 0.3 is 5.97 Å². The number of fused-ring (bicyclic) bond motifs is 3. The van der Waals surface area contributed by atoms with Crippen LogP contribution in [0.15, 0.2) is 24.3 Å². The molecule has 3 rings (SSSR count). The van der Waals surface area contributed by atoms with Crippen LogP contribution < -0.4 is 0 Å². The SMILES string of the molecule is COC(=O)C1(C)CCCC2(C)c3ccccc3C(=O)C(Br)C12. The summed E-state index contributed by atoms with van der Waals surface area (Å²) in [5.41, 5.74) is 1.03. The van der Waals surface area contributed by atoms with Crippen molar-refractivity contribution in [3.63, 3.8) is 0 Å². The van der Waals surface area contributed by atoms with E-state index < -0.39 is 5.41 Å². The number of ketones is 1. The molecule has 1 aromatic carbocycles. The fraction of sp³-hybridized carbons (Fsp3) is 0.556. The molecule has 1 fully saturated rings. The van der Waals surface area contributed by atoms with Gasteiger partial charge in [0.1, 0.15) is 0 Å². The zero-order valence-corrected chi connectivity index (χ0v) is 14.8. The molecule has 22 heavy (non-hydrogen) atoms. The summed E-state index contributed by atoms with van der Waals surface area (Å²) < 4.78 is 5.09. The number of methoxy groups -OCH3 is 1. The van der Waals surface area contributed by atoms with Crippen molar-refractivity contribution in [2.45, 2.75) is 43.4 Å². The lowest BCUT2D eigenvalue weighted by molar-refractivity contribution is -0.160. The molecule has 118 valence electrons. The summed E-state index contributed by atoms with van der Waals surface area (Å²) in [7, 11) is 1.43. The van der Waals surface area contributed by atoms with Gasteiger partial charge in [0, 0.05) is 11.5 Å². The van der Waals surface area contributed by atoms with Crippen molar-refractivity contribution in [2.75, 3.05) is 7.11 Å². The Labute approximate surface area is 139 Å². The number of hydrogen-bond acceptors (Lipinski definition) is 3. The number of halogens is 1. The number of esters is 1. The van der Waals surface area contributed by atoms with Crippen molar-refractivity contribution in [1.82, 2.24) is 0 Å². The fourth-order valence-electron chi connectivity index (χ4n) is 4.74. The van der Waals surface area contributed by atoms with Gasteiger partial charge in [-0.25, -0.2) is 0 Å². The number of benzene rings is 1. The highest BCUT2D eigenvalue weighted by Gasteiger charge is 2.60. The summed E-state index contributed by atoms with van der Waals surface area (Å²) in [4.78, 5) is 25.0. The monoisotopic (exact) mass is 364 g/mol. The van der Waals surface area contributed by atoms with Crippen LogP contribution in [0.3, 0.4) is 0 Å². The van der Waals surface area contributed by atoms with Crippen LogP contribution in [0.25, 0.3) is 0 Å². The van der Waals surface area contributed by atoms with Crippen molar-refractivity contribution in [3.05, 3.63) is 35.4 Å². The van der Waals surface area contributed by atoms with E-state index >= 15 is 0 Å². The number of carbonyl (C=O) groups is 2. The molecule has 3 nitrogen and oxygen atoms in total. The van der Waals surface area contributed by atoms with E-state index in [1.807, 2.05) is 31.2 Å². The van der Waals surface area contributed by atoms with Crippen molar-refractivity contribution in [3.8, 4) is 0 Å². The van der Waals surface area contributed by atoms with Crippen LogP contribution in [0.2, 0.25) is 0 Å². The van der Waals surface area contributed by atoms with E-state index in [-0.39, 0.29) is 27.9 Å². The molecule has 0 saturated heterocycles. The van der Waals surface area contributed by atoms with Crippen LogP contribution in [0.4, 0.5) is 0 Å². The minimum atomic E-state index is -0.640. The maximum Gasteiger partial charge on any atom is 0.311 e. The first-order valence-corrected chi connectivity index (χ1v) is 8.64. The molecule has 0 bridgehead atoms. The highest BCUT2D eigenvalue weighted by atomic mass is 79.9. The predicted molar refractivity (Wildman–Crippen MR) is 88.3 cm³/mol. The normalized spacial score (nSPS) is 37.2. The fourth-order valence-corrected chi connectivity index (χ4v) is 6.16. The van der Waals surface area contributed by atoms with Gasteiger partial charge in [-0.3, -0.25) is 9.59 Å².